The summed E-state index contributed by atoms with van der Waals surface area (Å²) in [5.74, 6) is -1.71. The lowest BCUT2D eigenvalue weighted by Crippen LogP contribution is -2.43. The van der Waals surface area contributed by atoms with Gasteiger partial charge < -0.3 is 15.0 Å². The molecule has 0 aliphatic heterocycles. The number of carbonyl (C=O) groups excluding carboxylic acids is 2. The van der Waals surface area contributed by atoms with Gasteiger partial charge in [0.25, 0.3) is 5.56 Å². The van der Waals surface area contributed by atoms with Gasteiger partial charge in [0.2, 0.25) is 5.78 Å². The molecular weight excluding hydrogens is 424 g/mol. The molecule has 0 saturated carbocycles. The molecule has 0 unspecified atom stereocenters. The highest BCUT2D eigenvalue weighted by Crippen LogP contribution is 2.21. The first-order valence-corrected chi connectivity index (χ1v) is 10.6. The molecule has 2 heterocycles. The Morgan fingerprint density at radius 1 is 1.09 bits per heavy atom. The molecule has 0 spiro atoms. The van der Waals surface area contributed by atoms with Crippen LogP contribution in [0.4, 0.5) is 5.82 Å². The number of hydrogen-bond acceptors (Lipinski definition) is 6. The average Bonchev–Trinajstić information content (AvgIpc) is 3.08. The third-order valence-electron chi connectivity index (χ3n) is 5.60. The molecule has 9 nitrogen and oxygen atoms in total. The van der Waals surface area contributed by atoms with Crippen LogP contribution in [-0.4, -0.2) is 32.1 Å². The molecule has 3 aromatic rings. The Kier molecular flexibility index (Phi) is 6.71. The minimum Gasteiger partial charge on any atom is -0.454 e. The normalized spacial score (nSPS) is 11.1. The number of rotatable bonds is 7. The lowest BCUT2D eigenvalue weighted by atomic mass is 10.2. The molecule has 3 rings (SSSR count). The van der Waals surface area contributed by atoms with Crippen molar-refractivity contribution in [3.8, 4) is 0 Å². The van der Waals surface area contributed by atoms with Crippen LogP contribution < -0.4 is 17.0 Å². The van der Waals surface area contributed by atoms with Gasteiger partial charge in [0.05, 0.1) is 12.1 Å². The number of ketones is 1. The summed E-state index contributed by atoms with van der Waals surface area (Å²) < 4.78 is 9.19. The van der Waals surface area contributed by atoms with Gasteiger partial charge >= 0.3 is 11.7 Å². The molecule has 33 heavy (non-hydrogen) atoms. The maximum atomic E-state index is 12.9. The van der Waals surface area contributed by atoms with Gasteiger partial charge in [-0.1, -0.05) is 30.3 Å². The SMILES string of the molecule is Cc1cc(C(=O)OCC(=O)c2c(N)n(Cc3ccccc3)c(=O)n(C)c2=O)c(C)n1C(C)C. The number of esters is 1. The fourth-order valence-corrected chi connectivity index (χ4v) is 4.02. The highest BCUT2D eigenvalue weighted by Gasteiger charge is 2.24. The largest absolute Gasteiger partial charge is 0.454 e. The highest BCUT2D eigenvalue weighted by molar-refractivity contribution is 6.02. The van der Waals surface area contributed by atoms with Gasteiger partial charge in [-0.05, 0) is 39.3 Å². The first-order valence-electron chi connectivity index (χ1n) is 10.6. The molecule has 0 saturated heterocycles. The Morgan fingerprint density at radius 3 is 2.30 bits per heavy atom. The van der Waals surface area contributed by atoms with Crippen molar-refractivity contribution >= 4 is 17.6 Å². The zero-order chi connectivity index (χ0) is 24.4. The number of nitrogens with two attached hydrogens (primary N) is 1. The molecule has 9 heteroatoms. The summed E-state index contributed by atoms with van der Waals surface area (Å²) in [5.41, 5.74) is 6.98. The number of benzene rings is 1. The number of anilines is 1. The Morgan fingerprint density at radius 2 is 1.73 bits per heavy atom. The van der Waals surface area contributed by atoms with E-state index in [2.05, 4.69) is 0 Å². The van der Waals surface area contributed by atoms with E-state index < -0.39 is 29.6 Å². The van der Waals surface area contributed by atoms with E-state index in [1.54, 1.807) is 37.3 Å². The molecule has 2 N–H and O–H groups in total. The van der Waals surface area contributed by atoms with Crippen LogP contribution in [0.5, 0.6) is 0 Å². The minimum absolute atomic E-state index is 0.0842. The Bertz CT molecular complexity index is 1330. The van der Waals surface area contributed by atoms with Crippen molar-refractivity contribution < 1.29 is 14.3 Å². The lowest BCUT2D eigenvalue weighted by Gasteiger charge is -2.15. The zero-order valence-corrected chi connectivity index (χ0v) is 19.4. The monoisotopic (exact) mass is 452 g/mol. The minimum atomic E-state index is -0.833. The Labute approximate surface area is 191 Å². The topological polar surface area (TPSA) is 118 Å². The van der Waals surface area contributed by atoms with Gasteiger partial charge in [0, 0.05) is 24.5 Å². The quantitative estimate of drug-likeness (QED) is 0.434. The van der Waals surface area contributed by atoms with Crippen molar-refractivity contribution in [2.24, 2.45) is 7.05 Å². The molecule has 0 aliphatic carbocycles. The smallest absolute Gasteiger partial charge is 0.340 e. The summed E-state index contributed by atoms with van der Waals surface area (Å²) >= 11 is 0. The Balaban J connectivity index is 1.89. The lowest BCUT2D eigenvalue weighted by molar-refractivity contribution is 0.0473. The van der Waals surface area contributed by atoms with Crippen molar-refractivity contribution in [2.45, 2.75) is 40.3 Å². The first kappa shape index (κ1) is 23.8. The molecule has 0 bridgehead atoms. The second-order valence-corrected chi connectivity index (χ2v) is 8.23. The predicted molar refractivity (Wildman–Crippen MR) is 125 cm³/mol. The van der Waals surface area contributed by atoms with Gasteiger partial charge in [-0.2, -0.15) is 0 Å². The summed E-state index contributed by atoms with van der Waals surface area (Å²) in [7, 11) is 1.27. The second kappa shape index (κ2) is 9.32. The third-order valence-corrected chi connectivity index (χ3v) is 5.60. The number of nitrogen functional groups attached to an aromatic ring is 1. The summed E-state index contributed by atoms with van der Waals surface area (Å²) in [6.07, 6.45) is 0. The van der Waals surface area contributed by atoms with E-state index in [4.69, 9.17) is 10.5 Å². The van der Waals surface area contributed by atoms with Gasteiger partial charge in [-0.15, -0.1) is 0 Å². The number of nitrogens with zero attached hydrogens (tertiary/aromatic N) is 3. The summed E-state index contributed by atoms with van der Waals surface area (Å²) in [6, 6.07) is 10.9. The van der Waals surface area contributed by atoms with Crippen LogP contribution >= 0.6 is 0 Å². The number of Topliss-reactive ketones (excluding diaryl/α,β-unsaturated/α-hetero) is 1. The summed E-state index contributed by atoms with van der Waals surface area (Å²) in [4.78, 5) is 50.8. The average molecular weight is 453 g/mol. The highest BCUT2D eigenvalue weighted by atomic mass is 16.5. The van der Waals surface area contributed by atoms with E-state index in [1.807, 2.05) is 31.4 Å². The number of aromatic nitrogens is 3. The molecule has 0 fully saturated rings. The van der Waals surface area contributed by atoms with Crippen LogP contribution in [0.15, 0.2) is 46.0 Å². The van der Waals surface area contributed by atoms with Crippen LogP contribution in [0.2, 0.25) is 0 Å². The van der Waals surface area contributed by atoms with Crippen molar-refractivity contribution in [3.63, 3.8) is 0 Å². The number of hydrogen-bond donors (Lipinski definition) is 1. The maximum absolute atomic E-state index is 12.9. The van der Waals surface area contributed by atoms with Gasteiger partial charge in [0.15, 0.2) is 6.61 Å². The standard InChI is InChI=1S/C24H28N4O5/c1-14(2)28-15(3)11-18(16(28)4)23(31)33-13-19(29)20-21(25)27(24(32)26(5)22(20)30)12-17-9-7-6-8-10-17/h6-11,14H,12-13,25H2,1-5H3. The van der Waals surface area contributed by atoms with Crippen molar-refractivity contribution in [3.05, 3.63) is 85.3 Å². The maximum Gasteiger partial charge on any atom is 0.340 e. The first-order chi connectivity index (χ1) is 15.5. The molecular formula is C24H28N4O5. The number of aryl methyl sites for hydroxylation is 1. The number of carbonyl (C=O) groups is 2. The van der Waals surface area contributed by atoms with Crippen LogP contribution in [0.3, 0.4) is 0 Å². The van der Waals surface area contributed by atoms with Gasteiger partial charge in [-0.3, -0.25) is 18.7 Å². The molecule has 0 aliphatic rings. The van der Waals surface area contributed by atoms with E-state index >= 15 is 0 Å². The van der Waals surface area contributed by atoms with E-state index in [1.165, 1.54) is 7.05 Å². The van der Waals surface area contributed by atoms with Crippen LogP contribution in [-0.2, 0) is 18.3 Å². The Hall–Kier alpha value is -3.88. The zero-order valence-electron chi connectivity index (χ0n) is 19.4. The summed E-state index contributed by atoms with van der Waals surface area (Å²) in [6.45, 7) is 7.10. The predicted octanol–water partition coefficient (Wildman–Crippen LogP) is 2.22. The van der Waals surface area contributed by atoms with Crippen molar-refractivity contribution in [1.82, 2.24) is 13.7 Å². The molecule has 2 aromatic heterocycles. The van der Waals surface area contributed by atoms with E-state index in [-0.39, 0.29) is 24.0 Å². The fraction of sp³-hybridized carbons (Fsp3) is 0.333. The second-order valence-electron chi connectivity index (χ2n) is 8.23. The fourth-order valence-electron chi connectivity index (χ4n) is 4.02. The summed E-state index contributed by atoms with van der Waals surface area (Å²) in [5, 5.41) is 0. The van der Waals surface area contributed by atoms with Gasteiger partial charge in [0.1, 0.15) is 11.4 Å². The molecule has 0 radical (unpaired) electrons. The molecule has 0 atom stereocenters. The molecule has 174 valence electrons. The van der Waals surface area contributed by atoms with Crippen molar-refractivity contribution in [1.29, 1.82) is 0 Å². The molecule has 0 amide bonds. The van der Waals surface area contributed by atoms with Crippen LogP contribution in [0.25, 0.3) is 0 Å². The molecule has 1 aromatic carbocycles. The third kappa shape index (κ3) is 4.52. The van der Waals surface area contributed by atoms with Crippen LogP contribution in [0, 0.1) is 13.8 Å². The number of ether oxygens (including phenoxy) is 1. The van der Waals surface area contributed by atoms with E-state index in [0.717, 1.165) is 26.1 Å². The van der Waals surface area contributed by atoms with Crippen molar-refractivity contribution in [2.75, 3.05) is 12.3 Å². The van der Waals surface area contributed by atoms with Crippen LogP contribution in [0.1, 0.15) is 57.6 Å². The van der Waals surface area contributed by atoms with E-state index in [9.17, 15) is 19.2 Å². The van der Waals surface area contributed by atoms with Gasteiger partial charge in [-0.25, -0.2) is 9.59 Å². The van der Waals surface area contributed by atoms with E-state index in [0.29, 0.717) is 5.56 Å².